The summed E-state index contributed by atoms with van der Waals surface area (Å²) in [5.74, 6) is 0.503. The lowest BCUT2D eigenvalue weighted by atomic mass is 10.8. The molecular formula is C10H27NO2Si2. The Morgan fingerprint density at radius 3 is 1.40 bits per heavy atom. The van der Waals surface area contributed by atoms with Crippen molar-refractivity contribution in [2.75, 3.05) is 13.2 Å². The standard InChI is InChI=1S/C10H27NO2Si2/c1-7-12-9(14(3)4)11-10(13-8-2)15(5)6/h9-11,14-15H,7-8H2,1-6H3. The van der Waals surface area contributed by atoms with Crippen molar-refractivity contribution >= 4 is 17.6 Å². The molecule has 0 aromatic heterocycles. The molecule has 0 fully saturated rings. The molecule has 0 saturated heterocycles. The number of hydrogen-bond acceptors (Lipinski definition) is 3. The van der Waals surface area contributed by atoms with E-state index in [1.165, 1.54) is 0 Å². The first-order valence-electron chi connectivity index (χ1n) is 6.02. The SMILES string of the molecule is CCOC(NC(OCC)[SiH](C)C)[SiH](C)C. The molecule has 0 rings (SSSR count). The second-order valence-electron chi connectivity index (χ2n) is 4.41. The van der Waals surface area contributed by atoms with Crippen LogP contribution in [0.4, 0.5) is 0 Å². The molecule has 0 bridgehead atoms. The van der Waals surface area contributed by atoms with Crippen LogP contribution in [0.2, 0.25) is 26.2 Å². The molecule has 2 atom stereocenters. The van der Waals surface area contributed by atoms with Gasteiger partial charge in [-0.1, -0.05) is 26.2 Å². The Balaban J connectivity index is 4.19. The normalized spacial score (nSPS) is 16.0. The first-order chi connectivity index (χ1) is 7.02. The van der Waals surface area contributed by atoms with Crippen LogP contribution in [-0.4, -0.2) is 42.5 Å². The predicted molar refractivity (Wildman–Crippen MR) is 71.7 cm³/mol. The third-order valence-electron chi connectivity index (χ3n) is 2.23. The summed E-state index contributed by atoms with van der Waals surface area (Å²) in [5, 5.41) is 3.53. The van der Waals surface area contributed by atoms with Crippen LogP contribution >= 0.6 is 0 Å². The number of nitrogens with one attached hydrogen (secondary N) is 1. The van der Waals surface area contributed by atoms with Crippen molar-refractivity contribution in [2.45, 2.75) is 51.7 Å². The Kier molecular flexibility index (Phi) is 8.64. The van der Waals surface area contributed by atoms with Gasteiger partial charge in [0, 0.05) is 13.2 Å². The molecule has 0 heterocycles. The summed E-state index contributed by atoms with van der Waals surface area (Å²) >= 11 is 0. The molecule has 0 aliphatic heterocycles. The second kappa shape index (κ2) is 8.46. The van der Waals surface area contributed by atoms with E-state index in [4.69, 9.17) is 9.47 Å². The van der Waals surface area contributed by atoms with Gasteiger partial charge in [-0.3, -0.25) is 5.32 Å². The second-order valence-corrected chi connectivity index (χ2v) is 10.6. The minimum absolute atomic E-state index is 0.251. The lowest BCUT2D eigenvalue weighted by Gasteiger charge is -2.29. The van der Waals surface area contributed by atoms with E-state index >= 15 is 0 Å². The van der Waals surface area contributed by atoms with Crippen LogP contribution in [0.5, 0.6) is 0 Å². The molecule has 92 valence electrons. The Bertz CT molecular complexity index is 140. The fraction of sp³-hybridized carbons (Fsp3) is 1.00. The highest BCUT2D eigenvalue weighted by atomic mass is 28.3. The molecule has 0 aromatic rings. The van der Waals surface area contributed by atoms with Crippen molar-refractivity contribution in [3.05, 3.63) is 0 Å². The van der Waals surface area contributed by atoms with E-state index in [0.29, 0.717) is 0 Å². The third kappa shape index (κ3) is 6.47. The summed E-state index contributed by atoms with van der Waals surface area (Å²) < 4.78 is 11.4. The minimum atomic E-state index is -0.817. The van der Waals surface area contributed by atoms with Gasteiger partial charge >= 0.3 is 0 Å². The highest BCUT2D eigenvalue weighted by Crippen LogP contribution is 2.01. The molecule has 0 aliphatic rings. The number of rotatable bonds is 8. The highest BCUT2D eigenvalue weighted by molar-refractivity contribution is 6.58. The van der Waals surface area contributed by atoms with Crippen LogP contribution in [0.25, 0.3) is 0 Å². The lowest BCUT2D eigenvalue weighted by Crippen LogP contribution is -2.53. The lowest BCUT2D eigenvalue weighted by molar-refractivity contribution is 0.0229. The van der Waals surface area contributed by atoms with Gasteiger partial charge in [0.05, 0.1) is 29.3 Å². The van der Waals surface area contributed by atoms with Crippen molar-refractivity contribution in [1.29, 1.82) is 0 Å². The van der Waals surface area contributed by atoms with Crippen LogP contribution in [0.1, 0.15) is 13.8 Å². The Morgan fingerprint density at radius 1 is 0.867 bits per heavy atom. The Hall–Kier alpha value is 0.314. The average Bonchev–Trinajstić information content (AvgIpc) is 2.15. The molecule has 5 heteroatoms. The van der Waals surface area contributed by atoms with Crippen LogP contribution in [0, 0.1) is 0 Å². The van der Waals surface area contributed by atoms with Gasteiger partial charge in [0.25, 0.3) is 0 Å². The maximum absolute atomic E-state index is 5.72. The third-order valence-corrected chi connectivity index (χ3v) is 5.42. The predicted octanol–water partition coefficient (Wildman–Crippen LogP) is 1.35. The van der Waals surface area contributed by atoms with Crippen LogP contribution < -0.4 is 5.32 Å². The molecule has 0 aromatic carbocycles. The monoisotopic (exact) mass is 249 g/mol. The minimum Gasteiger partial charge on any atom is -0.368 e. The van der Waals surface area contributed by atoms with Crippen molar-refractivity contribution in [3.63, 3.8) is 0 Å². The molecule has 0 aliphatic carbocycles. The van der Waals surface area contributed by atoms with E-state index in [1.807, 2.05) is 13.8 Å². The van der Waals surface area contributed by atoms with E-state index in [1.54, 1.807) is 0 Å². The van der Waals surface area contributed by atoms with Gasteiger partial charge in [0.2, 0.25) is 0 Å². The van der Waals surface area contributed by atoms with Gasteiger partial charge in [0.15, 0.2) is 0 Å². The summed E-state index contributed by atoms with van der Waals surface area (Å²) in [6.07, 6.45) is 0. The molecule has 1 N–H and O–H groups in total. The van der Waals surface area contributed by atoms with Crippen LogP contribution in [0.3, 0.4) is 0 Å². The summed E-state index contributed by atoms with van der Waals surface area (Å²) in [7, 11) is -1.63. The molecule has 0 saturated carbocycles. The Morgan fingerprint density at radius 2 is 1.20 bits per heavy atom. The maximum atomic E-state index is 5.72. The van der Waals surface area contributed by atoms with E-state index in [9.17, 15) is 0 Å². The first kappa shape index (κ1) is 15.3. The van der Waals surface area contributed by atoms with Crippen molar-refractivity contribution in [2.24, 2.45) is 0 Å². The van der Waals surface area contributed by atoms with E-state index in [-0.39, 0.29) is 11.7 Å². The first-order valence-corrected chi connectivity index (χ1v) is 12.0. The summed E-state index contributed by atoms with van der Waals surface area (Å²) in [6.45, 7) is 14.9. The molecular weight excluding hydrogens is 222 g/mol. The fourth-order valence-corrected chi connectivity index (χ4v) is 3.91. The van der Waals surface area contributed by atoms with Crippen LogP contribution in [-0.2, 0) is 9.47 Å². The zero-order valence-electron chi connectivity index (χ0n) is 11.0. The van der Waals surface area contributed by atoms with Gasteiger partial charge in [0.1, 0.15) is 0 Å². The van der Waals surface area contributed by atoms with Gasteiger partial charge in [-0.15, -0.1) is 0 Å². The molecule has 2 unspecified atom stereocenters. The van der Waals surface area contributed by atoms with Gasteiger partial charge in [-0.25, -0.2) is 0 Å². The maximum Gasteiger partial charge on any atom is 0.0925 e. The molecule has 0 spiro atoms. The highest BCUT2D eigenvalue weighted by Gasteiger charge is 2.21. The zero-order valence-corrected chi connectivity index (χ0v) is 13.3. The van der Waals surface area contributed by atoms with Crippen molar-refractivity contribution in [1.82, 2.24) is 5.32 Å². The smallest absolute Gasteiger partial charge is 0.0925 e. The summed E-state index contributed by atoms with van der Waals surface area (Å²) in [4.78, 5) is 0. The largest absolute Gasteiger partial charge is 0.368 e. The van der Waals surface area contributed by atoms with Gasteiger partial charge in [-0.05, 0) is 13.8 Å². The molecule has 0 radical (unpaired) electrons. The van der Waals surface area contributed by atoms with E-state index in [2.05, 4.69) is 31.5 Å². The summed E-state index contributed by atoms with van der Waals surface area (Å²) in [6, 6.07) is 0. The van der Waals surface area contributed by atoms with Gasteiger partial charge < -0.3 is 9.47 Å². The zero-order chi connectivity index (χ0) is 11.8. The topological polar surface area (TPSA) is 30.5 Å². The molecule has 0 amide bonds. The van der Waals surface area contributed by atoms with Crippen molar-refractivity contribution < 1.29 is 9.47 Å². The fourth-order valence-electron chi connectivity index (χ4n) is 1.39. The number of ether oxygens (including phenoxy) is 2. The van der Waals surface area contributed by atoms with Crippen LogP contribution in [0.15, 0.2) is 0 Å². The molecule has 3 nitrogen and oxygen atoms in total. The molecule has 15 heavy (non-hydrogen) atoms. The Labute approximate surface area is 97.8 Å². The average molecular weight is 250 g/mol. The van der Waals surface area contributed by atoms with Gasteiger partial charge in [-0.2, -0.15) is 0 Å². The van der Waals surface area contributed by atoms with E-state index < -0.39 is 17.6 Å². The number of hydrogen-bond donors (Lipinski definition) is 1. The van der Waals surface area contributed by atoms with Crippen molar-refractivity contribution in [3.8, 4) is 0 Å². The quantitative estimate of drug-likeness (QED) is 0.520. The van der Waals surface area contributed by atoms with E-state index in [0.717, 1.165) is 13.2 Å². The summed E-state index contributed by atoms with van der Waals surface area (Å²) in [5.41, 5.74) is 0.